The third-order valence-electron chi connectivity index (χ3n) is 4.62. The van der Waals surface area contributed by atoms with E-state index in [4.69, 9.17) is 4.74 Å². The maximum atomic E-state index is 12.6. The van der Waals surface area contributed by atoms with Crippen LogP contribution in [-0.4, -0.2) is 55.5 Å². The topological polar surface area (TPSA) is 87.7 Å². The van der Waals surface area contributed by atoms with Gasteiger partial charge >= 0.3 is 0 Å². The van der Waals surface area contributed by atoms with E-state index >= 15 is 0 Å². The number of carbonyl (C=O) groups excluding carboxylic acids is 3. The number of nitrogens with one attached hydrogen (secondary N) is 2. The summed E-state index contributed by atoms with van der Waals surface area (Å²) in [6, 6.07) is 4.89. The largest absolute Gasteiger partial charge is 0.379 e. The molecule has 27 heavy (non-hydrogen) atoms. The molecule has 2 heterocycles. The van der Waals surface area contributed by atoms with Gasteiger partial charge in [0.25, 0.3) is 5.91 Å². The highest BCUT2D eigenvalue weighted by Crippen LogP contribution is 2.28. The fourth-order valence-corrected chi connectivity index (χ4v) is 3.22. The highest BCUT2D eigenvalue weighted by molar-refractivity contribution is 6.05. The number of piperidine rings is 1. The van der Waals surface area contributed by atoms with Gasteiger partial charge in [-0.1, -0.05) is 11.8 Å². The van der Waals surface area contributed by atoms with Crippen molar-refractivity contribution in [2.45, 2.75) is 31.8 Å². The van der Waals surface area contributed by atoms with Crippen LogP contribution >= 0.6 is 0 Å². The molecule has 1 atom stereocenters. The van der Waals surface area contributed by atoms with E-state index in [-0.39, 0.29) is 18.2 Å². The van der Waals surface area contributed by atoms with Crippen molar-refractivity contribution >= 4 is 17.7 Å². The maximum absolute atomic E-state index is 12.6. The van der Waals surface area contributed by atoms with Crippen molar-refractivity contribution in [2.75, 3.05) is 26.8 Å². The van der Waals surface area contributed by atoms with Gasteiger partial charge in [-0.05, 0) is 37.2 Å². The van der Waals surface area contributed by atoms with Gasteiger partial charge in [0, 0.05) is 37.1 Å². The minimum atomic E-state index is -0.591. The van der Waals surface area contributed by atoms with E-state index in [0.29, 0.717) is 38.2 Å². The molecule has 0 saturated carbocycles. The molecule has 2 N–H and O–H groups in total. The molecule has 2 aliphatic heterocycles. The molecular formula is C20H23N3O4. The van der Waals surface area contributed by atoms with Crippen molar-refractivity contribution in [3.05, 3.63) is 34.9 Å². The summed E-state index contributed by atoms with van der Waals surface area (Å²) < 4.78 is 5.42. The van der Waals surface area contributed by atoms with Crippen LogP contribution in [-0.2, 0) is 20.9 Å². The molecule has 7 heteroatoms. The Labute approximate surface area is 158 Å². The summed E-state index contributed by atoms with van der Waals surface area (Å²) in [4.78, 5) is 37.5. The monoisotopic (exact) mass is 369 g/mol. The molecule has 1 aromatic carbocycles. The van der Waals surface area contributed by atoms with Gasteiger partial charge < -0.3 is 15.0 Å². The van der Waals surface area contributed by atoms with Crippen LogP contribution in [0, 0.1) is 11.8 Å². The fourth-order valence-electron chi connectivity index (χ4n) is 3.22. The van der Waals surface area contributed by atoms with E-state index in [1.807, 2.05) is 19.2 Å². The fraction of sp³-hybridized carbons (Fsp3) is 0.450. The highest BCUT2D eigenvalue weighted by atomic mass is 16.5. The minimum absolute atomic E-state index is 0.169. The lowest BCUT2D eigenvalue weighted by molar-refractivity contribution is -0.136. The summed E-state index contributed by atoms with van der Waals surface area (Å²) in [7, 11) is 1.88. The first-order valence-corrected chi connectivity index (χ1v) is 9.09. The Morgan fingerprint density at radius 1 is 1.30 bits per heavy atom. The lowest BCUT2D eigenvalue weighted by Crippen LogP contribution is -2.52. The third kappa shape index (κ3) is 4.54. The minimum Gasteiger partial charge on any atom is -0.379 e. The SMILES string of the molecule is CNCCOCCC#Cc1ccc2c(c1)CN(C1CCC(=O)NC1=O)C2=O. The maximum Gasteiger partial charge on any atom is 0.255 e. The van der Waals surface area contributed by atoms with Crippen LogP contribution in [0.2, 0.25) is 0 Å². The van der Waals surface area contributed by atoms with Gasteiger partial charge in [0.2, 0.25) is 11.8 Å². The lowest BCUT2D eigenvalue weighted by atomic mass is 10.0. The van der Waals surface area contributed by atoms with E-state index < -0.39 is 11.9 Å². The molecule has 1 unspecified atom stereocenters. The number of ether oxygens (including phenoxy) is 1. The number of nitrogens with zero attached hydrogens (tertiary/aromatic N) is 1. The summed E-state index contributed by atoms with van der Waals surface area (Å²) in [5.41, 5.74) is 2.30. The normalized spacial score (nSPS) is 18.8. The van der Waals surface area contributed by atoms with Crippen LogP contribution in [0.5, 0.6) is 0 Å². The standard InChI is InChI=1S/C20H23N3O4/c1-21-9-11-27-10-3-2-4-14-5-6-16-15(12-14)13-23(20(16)26)17-7-8-18(24)22-19(17)25/h5-6,12,17,21H,3,7-11,13H2,1H3,(H,22,24,25). The number of amides is 3. The molecule has 3 amide bonds. The molecule has 0 aliphatic carbocycles. The number of carbonyl (C=O) groups is 3. The Bertz CT molecular complexity index is 809. The van der Waals surface area contributed by atoms with Crippen LogP contribution in [0.15, 0.2) is 18.2 Å². The molecule has 1 saturated heterocycles. The van der Waals surface area contributed by atoms with Gasteiger partial charge in [-0.2, -0.15) is 0 Å². The van der Waals surface area contributed by atoms with Crippen LogP contribution in [0.25, 0.3) is 0 Å². The van der Waals surface area contributed by atoms with E-state index in [9.17, 15) is 14.4 Å². The zero-order chi connectivity index (χ0) is 19.2. The lowest BCUT2D eigenvalue weighted by Gasteiger charge is -2.29. The zero-order valence-corrected chi connectivity index (χ0v) is 15.3. The predicted octanol–water partition coefficient (Wildman–Crippen LogP) is 0.425. The summed E-state index contributed by atoms with van der Waals surface area (Å²) >= 11 is 0. The number of hydrogen-bond acceptors (Lipinski definition) is 5. The number of imide groups is 1. The molecule has 0 bridgehead atoms. The van der Waals surface area contributed by atoms with Crippen LogP contribution in [0.1, 0.15) is 40.7 Å². The van der Waals surface area contributed by atoms with Gasteiger partial charge in [-0.15, -0.1) is 0 Å². The number of likely N-dealkylation sites (N-methyl/N-ethyl adjacent to an activating group) is 1. The first-order chi connectivity index (χ1) is 13.1. The molecule has 7 nitrogen and oxygen atoms in total. The summed E-state index contributed by atoms with van der Waals surface area (Å²) in [6.45, 7) is 2.43. The van der Waals surface area contributed by atoms with Gasteiger partial charge in [-0.3, -0.25) is 19.7 Å². The van der Waals surface area contributed by atoms with Crippen molar-refractivity contribution in [1.29, 1.82) is 0 Å². The van der Waals surface area contributed by atoms with E-state index in [1.54, 1.807) is 11.0 Å². The van der Waals surface area contributed by atoms with E-state index in [1.165, 1.54) is 0 Å². The average Bonchev–Trinajstić information content (AvgIpc) is 2.97. The number of hydrogen-bond donors (Lipinski definition) is 2. The van der Waals surface area contributed by atoms with Crippen LogP contribution in [0.3, 0.4) is 0 Å². The van der Waals surface area contributed by atoms with Crippen LogP contribution < -0.4 is 10.6 Å². The van der Waals surface area contributed by atoms with E-state index in [0.717, 1.165) is 17.7 Å². The number of fused-ring (bicyclic) bond motifs is 1. The highest BCUT2D eigenvalue weighted by Gasteiger charge is 2.38. The molecule has 2 aliphatic rings. The van der Waals surface area contributed by atoms with E-state index in [2.05, 4.69) is 22.5 Å². The smallest absolute Gasteiger partial charge is 0.255 e. The Kier molecular flexibility index (Phi) is 6.22. The summed E-state index contributed by atoms with van der Waals surface area (Å²) in [6.07, 6.45) is 1.26. The second-order valence-electron chi connectivity index (χ2n) is 6.54. The molecular weight excluding hydrogens is 346 g/mol. The Morgan fingerprint density at radius 3 is 2.93 bits per heavy atom. The number of rotatable bonds is 6. The summed E-state index contributed by atoms with van der Waals surface area (Å²) in [5.74, 6) is 5.31. The van der Waals surface area contributed by atoms with Gasteiger partial charge in [0.05, 0.1) is 13.2 Å². The van der Waals surface area contributed by atoms with Crippen LogP contribution in [0.4, 0.5) is 0 Å². The van der Waals surface area contributed by atoms with Crippen molar-refractivity contribution in [3.8, 4) is 11.8 Å². The third-order valence-corrected chi connectivity index (χ3v) is 4.62. The Balaban J connectivity index is 1.61. The molecule has 3 rings (SSSR count). The van der Waals surface area contributed by atoms with Crippen molar-refractivity contribution in [1.82, 2.24) is 15.5 Å². The molecule has 0 spiro atoms. The van der Waals surface area contributed by atoms with Gasteiger partial charge in [-0.25, -0.2) is 0 Å². The molecule has 0 aromatic heterocycles. The Hall–Kier alpha value is -2.69. The van der Waals surface area contributed by atoms with Crippen molar-refractivity contribution < 1.29 is 19.1 Å². The molecule has 0 radical (unpaired) electrons. The molecule has 142 valence electrons. The average molecular weight is 369 g/mol. The molecule has 1 aromatic rings. The van der Waals surface area contributed by atoms with Crippen molar-refractivity contribution in [3.63, 3.8) is 0 Å². The van der Waals surface area contributed by atoms with Crippen molar-refractivity contribution in [2.24, 2.45) is 0 Å². The summed E-state index contributed by atoms with van der Waals surface area (Å²) in [5, 5.41) is 5.32. The van der Waals surface area contributed by atoms with Gasteiger partial charge in [0.15, 0.2) is 0 Å². The Morgan fingerprint density at radius 2 is 2.15 bits per heavy atom. The zero-order valence-electron chi connectivity index (χ0n) is 15.3. The first-order valence-electron chi connectivity index (χ1n) is 9.09. The molecule has 1 fully saturated rings. The second kappa shape index (κ2) is 8.80. The first kappa shape index (κ1) is 19.1. The predicted molar refractivity (Wildman–Crippen MR) is 98.7 cm³/mol. The second-order valence-corrected chi connectivity index (χ2v) is 6.54. The van der Waals surface area contributed by atoms with Gasteiger partial charge in [0.1, 0.15) is 6.04 Å². The quantitative estimate of drug-likeness (QED) is 0.431. The number of benzene rings is 1.